The number of aromatic carboxylic acids is 1. The van der Waals surface area contributed by atoms with E-state index >= 15 is 0 Å². The molecule has 7 heteroatoms. The maximum absolute atomic E-state index is 12.4. The molecule has 0 aliphatic heterocycles. The molecule has 0 saturated carbocycles. The van der Waals surface area contributed by atoms with Crippen molar-refractivity contribution in [3.05, 3.63) is 28.2 Å². The van der Waals surface area contributed by atoms with Crippen molar-refractivity contribution in [3.63, 3.8) is 0 Å². The summed E-state index contributed by atoms with van der Waals surface area (Å²) < 4.78 is 37.7. The molecule has 0 aromatic heterocycles. The predicted molar refractivity (Wildman–Crippen MR) is 65.0 cm³/mol. The van der Waals surface area contributed by atoms with Gasteiger partial charge in [0.15, 0.2) is 0 Å². The molecule has 0 atom stereocenters. The lowest BCUT2D eigenvalue weighted by molar-refractivity contribution is -0.119. The number of halogens is 4. The number of carbonyl (C=O) groups is 1. The van der Waals surface area contributed by atoms with Gasteiger partial charge in [-0.2, -0.15) is 13.2 Å². The van der Waals surface area contributed by atoms with Crippen molar-refractivity contribution in [1.82, 2.24) is 0 Å². The second-order valence-electron chi connectivity index (χ2n) is 3.60. The molecule has 0 unspecified atom stereocenters. The van der Waals surface area contributed by atoms with E-state index in [0.717, 1.165) is 4.90 Å². The van der Waals surface area contributed by atoms with E-state index in [0.29, 0.717) is 4.47 Å². The van der Waals surface area contributed by atoms with Crippen LogP contribution in [-0.4, -0.2) is 30.3 Å². The molecular formula is C11H11BrF3NO2. The highest BCUT2D eigenvalue weighted by Gasteiger charge is 2.31. The van der Waals surface area contributed by atoms with Crippen LogP contribution in [0, 0.1) is 0 Å². The van der Waals surface area contributed by atoms with Crippen LogP contribution in [-0.2, 0) is 0 Å². The zero-order chi connectivity index (χ0) is 13.9. The van der Waals surface area contributed by atoms with Crippen molar-refractivity contribution in [2.45, 2.75) is 13.1 Å². The number of alkyl halides is 3. The highest BCUT2D eigenvalue weighted by molar-refractivity contribution is 9.10. The number of carboxylic acids is 1. The van der Waals surface area contributed by atoms with Gasteiger partial charge in [0.25, 0.3) is 0 Å². The maximum atomic E-state index is 12.4. The van der Waals surface area contributed by atoms with Gasteiger partial charge >= 0.3 is 12.1 Å². The summed E-state index contributed by atoms with van der Waals surface area (Å²) in [6.45, 7) is 0.437. The van der Waals surface area contributed by atoms with Gasteiger partial charge < -0.3 is 10.0 Å². The molecule has 0 aliphatic rings. The molecule has 0 saturated heterocycles. The largest absolute Gasteiger partial charge is 0.478 e. The van der Waals surface area contributed by atoms with Crippen LogP contribution in [0.25, 0.3) is 0 Å². The van der Waals surface area contributed by atoms with Crippen LogP contribution in [0.1, 0.15) is 17.3 Å². The minimum Gasteiger partial charge on any atom is -0.478 e. The molecule has 1 aromatic rings. The second kappa shape index (κ2) is 5.60. The smallest absolute Gasteiger partial charge is 0.405 e. The summed E-state index contributed by atoms with van der Waals surface area (Å²) >= 11 is 3.09. The topological polar surface area (TPSA) is 40.5 Å². The number of hydrogen-bond donors (Lipinski definition) is 1. The van der Waals surface area contributed by atoms with Gasteiger partial charge in [-0.3, -0.25) is 0 Å². The van der Waals surface area contributed by atoms with E-state index in [9.17, 15) is 18.0 Å². The third-order valence-corrected chi connectivity index (χ3v) is 2.77. The lowest BCUT2D eigenvalue weighted by atomic mass is 10.1. The van der Waals surface area contributed by atoms with Crippen molar-refractivity contribution in [1.29, 1.82) is 0 Å². The van der Waals surface area contributed by atoms with Crippen LogP contribution in [0.15, 0.2) is 22.7 Å². The first-order valence-corrected chi connectivity index (χ1v) is 5.88. The van der Waals surface area contributed by atoms with Crippen molar-refractivity contribution < 1.29 is 23.1 Å². The van der Waals surface area contributed by atoms with Crippen LogP contribution in [0.3, 0.4) is 0 Å². The molecule has 0 heterocycles. The van der Waals surface area contributed by atoms with Gasteiger partial charge in [0, 0.05) is 11.0 Å². The summed E-state index contributed by atoms with van der Waals surface area (Å²) in [7, 11) is 0. The third-order valence-electron chi connectivity index (χ3n) is 2.28. The molecule has 3 nitrogen and oxygen atoms in total. The Morgan fingerprint density at radius 1 is 1.44 bits per heavy atom. The van der Waals surface area contributed by atoms with Crippen LogP contribution in [0.4, 0.5) is 18.9 Å². The van der Waals surface area contributed by atoms with Gasteiger partial charge in [-0.05, 0) is 25.1 Å². The molecular weight excluding hydrogens is 315 g/mol. The number of benzene rings is 1. The van der Waals surface area contributed by atoms with Gasteiger partial charge in [-0.25, -0.2) is 4.79 Å². The quantitative estimate of drug-likeness (QED) is 0.920. The minimum absolute atomic E-state index is 0.0607. The van der Waals surface area contributed by atoms with E-state index in [4.69, 9.17) is 5.11 Å². The van der Waals surface area contributed by atoms with Crippen LogP contribution >= 0.6 is 15.9 Å². The molecule has 0 bridgehead atoms. The Labute approximate surface area is 110 Å². The number of anilines is 1. The highest BCUT2D eigenvalue weighted by Crippen LogP contribution is 2.27. The molecule has 1 N–H and O–H groups in total. The van der Waals surface area contributed by atoms with Gasteiger partial charge in [0.1, 0.15) is 6.54 Å². The zero-order valence-corrected chi connectivity index (χ0v) is 11.0. The van der Waals surface area contributed by atoms with Gasteiger partial charge in [-0.15, -0.1) is 0 Å². The monoisotopic (exact) mass is 325 g/mol. The molecule has 0 spiro atoms. The van der Waals surface area contributed by atoms with Crippen molar-refractivity contribution in [2.24, 2.45) is 0 Å². The van der Waals surface area contributed by atoms with E-state index in [-0.39, 0.29) is 17.8 Å². The Morgan fingerprint density at radius 3 is 2.50 bits per heavy atom. The molecule has 1 aromatic carbocycles. The first-order chi connectivity index (χ1) is 8.24. The van der Waals surface area contributed by atoms with E-state index in [1.165, 1.54) is 18.2 Å². The first kappa shape index (κ1) is 14.8. The SMILES string of the molecule is CCN(CC(F)(F)F)c1ccc(Br)cc1C(=O)O. The average Bonchev–Trinajstić information content (AvgIpc) is 2.24. The number of nitrogens with zero attached hydrogens (tertiary/aromatic N) is 1. The molecule has 0 aliphatic carbocycles. The van der Waals surface area contributed by atoms with Crippen molar-refractivity contribution in [2.75, 3.05) is 18.0 Å². The summed E-state index contributed by atoms with van der Waals surface area (Å²) in [4.78, 5) is 12.0. The van der Waals surface area contributed by atoms with Gasteiger partial charge in [0.05, 0.1) is 11.3 Å². The normalized spacial score (nSPS) is 11.4. The molecule has 18 heavy (non-hydrogen) atoms. The van der Waals surface area contributed by atoms with E-state index in [2.05, 4.69) is 15.9 Å². The minimum atomic E-state index is -4.38. The Morgan fingerprint density at radius 2 is 2.06 bits per heavy atom. The number of carboxylic acid groups (broad SMARTS) is 1. The molecule has 0 amide bonds. The summed E-state index contributed by atoms with van der Waals surface area (Å²) in [5.41, 5.74) is -0.0963. The summed E-state index contributed by atoms with van der Waals surface area (Å²) in [5.74, 6) is -1.26. The van der Waals surface area contributed by atoms with Crippen LogP contribution < -0.4 is 4.90 Å². The fourth-order valence-corrected chi connectivity index (χ4v) is 1.90. The van der Waals surface area contributed by atoms with E-state index in [1.807, 2.05) is 0 Å². The van der Waals surface area contributed by atoms with E-state index < -0.39 is 18.7 Å². The number of hydrogen-bond acceptors (Lipinski definition) is 2. The fraction of sp³-hybridized carbons (Fsp3) is 0.364. The standard InChI is InChI=1S/C11H11BrF3NO2/c1-2-16(6-11(13,14)15)9-4-3-7(12)5-8(9)10(17)18/h3-5H,2,6H2,1H3,(H,17,18). The average molecular weight is 326 g/mol. The Hall–Kier alpha value is -1.24. The summed E-state index contributed by atoms with van der Waals surface area (Å²) in [5, 5.41) is 9.00. The van der Waals surface area contributed by atoms with Crippen LogP contribution in [0.2, 0.25) is 0 Å². The molecule has 1 rings (SSSR count). The second-order valence-corrected chi connectivity index (χ2v) is 4.51. The van der Waals surface area contributed by atoms with Crippen molar-refractivity contribution in [3.8, 4) is 0 Å². The highest BCUT2D eigenvalue weighted by atomic mass is 79.9. The predicted octanol–water partition coefficient (Wildman–Crippen LogP) is 3.54. The van der Waals surface area contributed by atoms with Gasteiger partial charge in [0.2, 0.25) is 0 Å². The van der Waals surface area contributed by atoms with Crippen LogP contribution in [0.5, 0.6) is 0 Å². The molecule has 100 valence electrons. The first-order valence-electron chi connectivity index (χ1n) is 5.09. The fourth-order valence-electron chi connectivity index (χ4n) is 1.54. The lowest BCUT2D eigenvalue weighted by Gasteiger charge is -2.25. The molecule has 0 fully saturated rings. The zero-order valence-electron chi connectivity index (χ0n) is 9.46. The lowest BCUT2D eigenvalue weighted by Crippen LogP contribution is -2.35. The van der Waals surface area contributed by atoms with E-state index in [1.54, 1.807) is 6.92 Å². The maximum Gasteiger partial charge on any atom is 0.405 e. The Balaban J connectivity index is 3.17. The Kier molecular flexibility index (Phi) is 4.61. The van der Waals surface area contributed by atoms with Crippen molar-refractivity contribution >= 4 is 27.6 Å². The number of rotatable bonds is 4. The third kappa shape index (κ3) is 3.90. The summed E-state index contributed by atoms with van der Waals surface area (Å²) in [6, 6.07) is 4.17. The van der Waals surface area contributed by atoms with Gasteiger partial charge in [-0.1, -0.05) is 15.9 Å². The molecule has 0 radical (unpaired) electrons. The summed E-state index contributed by atoms with van der Waals surface area (Å²) in [6.07, 6.45) is -4.38. The Bertz CT molecular complexity index is 448.